The lowest BCUT2D eigenvalue weighted by Gasteiger charge is -2.37. The highest BCUT2D eigenvalue weighted by atomic mass is 16.5. The number of hydrogen-bond acceptors (Lipinski definition) is 3. The van der Waals surface area contributed by atoms with Crippen molar-refractivity contribution in [3.8, 4) is 0 Å². The predicted octanol–water partition coefficient (Wildman–Crippen LogP) is 0.766. The molecule has 92 valence electrons. The average molecular weight is 226 g/mol. The molecule has 0 bridgehead atoms. The molecule has 4 nitrogen and oxygen atoms in total. The van der Waals surface area contributed by atoms with E-state index in [4.69, 9.17) is 4.74 Å². The maximum absolute atomic E-state index is 12.1. The van der Waals surface area contributed by atoms with Crippen molar-refractivity contribution in [2.45, 2.75) is 44.2 Å². The maximum Gasteiger partial charge on any atom is 0.239 e. The summed E-state index contributed by atoms with van der Waals surface area (Å²) in [6.07, 6.45) is 4.24. The van der Waals surface area contributed by atoms with E-state index in [0.717, 1.165) is 45.4 Å². The molecule has 2 aliphatic rings. The third kappa shape index (κ3) is 2.38. The molecule has 0 spiro atoms. The Morgan fingerprint density at radius 2 is 2.38 bits per heavy atom. The van der Waals surface area contributed by atoms with Crippen LogP contribution in [0.25, 0.3) is 0 Å². The first kappa shape index (κ1) is 11.9. The van der Waals surface area contributed by atoms with Crippen LogP contribution in [0, 0.1) is 0 Å². The summed E-state index contributed by atoms with van der Waals surface area (Å²) in [5.74, 6) is 0.241. The van der Waals surface area contributed by atoms with Crippen molar-refractivity contribution in [3.05, 3.63) is 0 Å². The number of carbonyl (C=O) groups excluding carboxylic acids is 1. The van der Waals surface area contributed by atoms with Gasteiger partial charge in [-0.2, -0.15) is 0 Å². The zero-order chi connectivity index (χ0) is 11.6. The van der Waals surface area contributed by atoms with Crippen LogP contribution in [-0.2, 0) is 9.53 Å². The monoisotopic (exact) mass is 226 g/mol. The van der Waals surface area contributed by atoms with Gasteiger partial charge in [-0.25, -0.2) is 0 Å². The Labute approximate surface area is 97.3 Å². The maximum atomic E-state index is 12.1. The fraction of sp³-hybridized carbons (Fsp3) is 0.917. The van der Waals surface area contributed by atoms with E-state index in [1.165, 1.54) is 0 Å². The van der Waals surface area contributed by atoms with Crippen molar-refractivity contribution in [1.29, 1.82) is 0 Å². The molecule has 2 heterocycles. The third-order valence-corrected chi connectivity index (χ3v) is 3.70. The number of nitrogens with one attached hydrogen (secondary N) is 1. The Kier molecular flexibility index (Phi) is 3.50. The highest BCUT2D eigenvalue weighted by Gasteiger charge is 2.36. The number of amides is 1. The number of likely N-dealkylation sites (tertiary alicyclic amines) is 1. The van der Waals surface area contributed by atoms with E-state index in [1.807, 2.05) is 11.9 Å². The van der Waals surface area contributed by atoms with Crippen molar-refractivity contribution >= 4 is 5.91 Å². The zero-order valence-electron chi connectivity index (χ0n) is 10.3. The number of rotatable bonds is 3. The van der Waals surface area contributed by atoms with Gasteiger partial charge in [-0.15, -0.1) is 0 Å². The van der Waals surface area contributed by atoms with E-state index in [9.17, 15) is 4.79 Å². The lowest BCUT2D eigenvalue weighted by Crippen LogP contribution is -2.53. The summed E-state index contributed by atoms with van der Waals surface area (Å²) < 4.78 is 5.75. The molecule has 2 saturated heterocycles. The van der Waals surface area contributed by atoms with Crippen LogP contribution in [0.3, 0.4) is 0 Å². The van der Waals surface area contributed by atoms with Crippen molar-refractivity contribution < 1.29 is 9.53 Å². The molecule has 2 unspecified atom stereocenters. The molecule has 0 aliphatic carbocycles. The molecule has 0 aromatic rings. The molecule has 2 rings (SSSR count). The van der Waals surface area contributed by atoms with E-state index in [-0.39, 0.29) is 17.6 Å². The largest absolute Gasteiger partial charge is 0.373 e. The molecular formula is C12H22N2O2. The number of carbonyl (C=O) groups is 1. The first-order valence-electron chi connectivity index (χ1n) is 6.25. The molecule has 0 aromatic heterocycles. The normalized spacial score (nSPS) is 35.8. The summed E-state index contributed by atoms with van der Waals surface area (Å²) in [4.78, 5) is 14.1. The Morgan fingerprint density at radius 3 is 3.00 bits per heavy atom. The highest BCUT2D eigenvalue weighted by molar-refractivity contribution is 5.82. The number of piperidine rings is 1. The van der Waals surface area contributed by atoms with Gasteiger partial charge in [-0.05, 0) is 39.7 Å². The van der Waals surface area contributed by atoms with Crippen molar-refractivity contribution in [3.63, 3.8) is 0 Å². The summed E-state index contributed by atoms with van der Waals surface area (Å²) >= 11 is 0. The van der Waals surface area contributed by atoms with Crippen molar-refractivity contribution in [1.82, 2.24) is 10.2 Å². The number of hydrogen-bond donors (Lipinski definition) is 1. The summed E-state index contributed by atoms with van der Waals surface area (Å²) in [6.45, 7) is 4.60. The summed E-state index contributed by atoms with van der Waals surface area (Å²) in [5, 5.41) is 3.09. The van der Waals surface area contributed by atoms with Crippen LogP contribution in [0.4, 0.5) is 0 Å². The molecule has 2 aliphatic heterocycles. The molecule has 0 saturated carbocycles. The van der Waals surface area contributed by atoms with Crippen LogP contribution < -0.4 is 5.32 Å². The molecule has 1 amide bonds. The van der Waals surface area contributed by atoms with Crippen LogP contribution in [0.15, 0.2) is 0 Å². The van der Waals surface area contributed by atoms with Gasteiger partial charge in [0.25, 0.3) is 0 Å². The van der Waals surface area contributed by atoms with Gasteiger partial charge in [0, 0.05) is 19.7 Å². The topological polar surface area (TPSA) is 41.6 Å². The summed E-state index contributed by atoms with van der Waals surface area (Å²) in [7, 11) is 1.86. The molecule has 1 N–H and O–H groups in total. The van der Waals surface area contributed by atoms with Gasteiger partial charge in [0.1, 0.15) is 0 Å². The van der Waals surface area contributed by atoms with Crippen molar-refractivity contribution in [2.75, 3.05) is 26.7 Å². The van der Waals surface area contributed by atoms with E-state index >= 15 is 0 Å². The Balaban J connectivity index is 1.95. The standard InChI is InChI=1S/C12H22N2O2/c1-12(6-4-8-16-12)9-14-7-3-5-10(13-2)11(14)15/h10,13H,3-9H2,1-2H3. The van der Waals surface area contributed by atoms with Crippen LogP contribution >= 0.6 is 0 Å². The van der Waals surface area contributed by atoms with Crippen LogP contribution in [-0.4, -0.2) is 49.2 Å². The fourth-order valence-electron chi connectivity index (χ4n) is 2.73. The van der Waals surface area contributed by atoms with Gasteiger partial charge in [0.05, 0.1) is 11.6 Å². The van der Waals surface area contributed by atoms with Gasteiger partial charge in [-0.3, -0.25) is 4.79 Å². The van der Waals surface area contributed by atoms with Gasteiger partial charge >= 0.3 is 0 Å². The van der Waals surface area contributed by atoms with Crippen molar-refractivity contribution in [2.24, 2.45) is 0 Å². The first-order valence-corrected chi connectivity index (χ1v) is 6.25. The van der Waals surface area contributed by atoms with Gasteiger partial charge < -0.3 is 15.0 Å². The number of ether oxygens (including phenoxy) is 1. The molecule has 0 radical (unpaired) electrons. The summed E-state index contributed by atoms with van der Waals surface area (Å²) in [6, 6.07) is 0.0127. The molecule has 2 atom stereocenters. The van der Waals surface area contributed by atoms with Crippen LogP contribution in [0.5, 0.6) is 0 Å². The highest BCUT2D eigenvalue weighted by Crippen LogP contribution is 2.27. The average Bonchev–Trinajstić information content (AvgIpc) is 2.68. The van der Waals surface area contributed by atoms with Crippen LogP contribution in [0.1, 0.15) is 32.6 Å². The second-order valence-corrected chi connectivity index (χ2v) is 5.15. The second kappa shape index (κ2) is 4.72. The molecule has 0 aromatic carbocycles. The zero-order valence-corrected chi connectivity index (χ0v) is 10.3. The fourth-order valence-corrected chi connectivity index (χ4v) is 2.73. The Bertz CT molecular complexity index is 262. The Hall–Kier alpha value is -0.610. The minimum atomic E-state index is -0.106. The number of likely N-dealkylation sites (N-methyl/N-ethyl adjacent to an activating group) is 1. The van der Waals surface area contributed by atoms with E-state index in [1.54, 1.807) is 0 Å². The molecule has 2 fully saturated rings. The minimum absolute atomic E-state index is 0.0127. The third-order valence-electron chi connectivity index (χ3n) is 3.70. The minimum Gasteiger partial charge on any atom is -0.373 e. The molecular weight excluding hydrogens is 204 g/mol. The molecule has 16 heavy (non-hydrogen) atoms. The number of nitrogens with zero attached hydrogens (tertiary/aromatic N) is 1. The second-order valence-electron chi connectivity index (χ2n) is 5.15. The first-order chi connectivity index (χ1) is 7.64. The smallest absolute Gasteiger partial charge is 0.239 e. The summed E-state index contributed by atoms with van der Waals surface area (Å²) in [5.41, 5.74) is -0.106. The van der Waals surface area contributed by atoms with E-state index in [2.05, 4.69) is 12.2 Å². The van der Waals surface area contributed by atoms with Gasteiger partial charge in [0.15, 0.2) is 0 Å². The van der Waals surface area contributed by atoms with Gasteiger partial charge in [-0.1, -0.05) is 0 Å². The van der Waals surface area contributed by atoms with Gasteiger partial charge in [0.2, 0.25) is 5.91 Å². The molecule has 4 heteroatoms. The lowest BCUT2D eigenvalue weighted by molar-refractivity contribution is -0.139. The van der Waals surface area contributed by atoms with Crippen LogP contribution in [0.2, 0.25) is 0 Å². The van der Waals surface area contributed by atoms with E-state index in [0.29, 0.717) is 0 Å². The SMILES string of the molecule is CNC1CCCN(CC2(C)CCCO2)C1=O. The Morgan fingerprint density at radius 1 is 1.56 bits per heavy atom. The van der Waals surface area contributed by atoms with E-state index < -0.39 is 0 Å². The quantitative estimate of drug-likeness (QED) is 0.772. The lowest BCUT2D eigenvalue weighted by atomic mass is 9.98. The predicted molar refractivity (Wildman–Crippen MR) is 62.3 cm³/mol.